The largest absolute Gasteiger partial charge is 0.483 e. The first kappa shape index (κ1) is 16.2. The number of methoxy groups -OCH3 is 1. The van der Waals surface area contributed by atoms with Crippen molar-refractivity contribution in [2.45, 2.75) is 20.3 Å². The van der Waals surface area contributed by atoms with Crippen LogP contribution in [-0.4, -0.2) is 38.6 Å². The number of ketones is 1. The summed E-state index contributed by atoms with van der Waals surface area (Å²) >= 11 is 0. The molecule has 20 heavy (non-hydrogen) atoms. The molecule has 1 aromatic carbocycles. The maximum atomic E-state index is 11.6. The number of carbonyl (C=O) groups excluding carboxylic acids is 2. The molecule has 5 heteroatoms. The summed E-state index contributed by atoms with van der Waals surface area (Å²) in [5.74, 6) is 0.155. The number of benzene rings is 1. The first-order chi connectivity index (χ1) is 9.54. The molecule has 1 amide bonds. The zero-order chi connectivity index (χ0) is 15.0. The molecule has 0 bridgehead atoms. The predicted molar refractivity (Wildman–Crippen MR) is 76.2 cm³/mol. The highest BCUT2D eigenvalue weighted by molar-refractivity contribution is 5.97. The highest BCUT2D eigenvalue weighted by Gasteiger charge is 2.10. The van der Waals surface area contributed by atoms with Crippen LogP contribution in [-0.2, 0) is 9.53 Å². The molecule has 1 aromatic rings. The lowest BCUT2D eigenvalue weighted by atomic mass is 10.1. The van der Waals surface area contributed by atoms with E-state index < -0.39 is 0 Å². The third-order valence-electron chi connectivity index (χ3n) is 2.72. The minimum atomic E-state index is -0.211. The van der Waals surface area contributed by atoms with Crippen LogP contribution in [0.3, 0.4) is 0 Å². The summed E-state index contributed by atoms with van der Waals surface area (Å²) in [7, 11) is 1.62. The van der Waals surface area contributed by atoms with Gasteiger partial charge in [-0.1, -0.05) is 6.07 Å². The second-order valence-corrected chi connectivity index (χ2v) is 4.54. The fourth-order valence-electron chi connectivity index (χ4n) is 1.68. The minimum absolute atomic E-state index is 0.0829. The number of rotatable bonds is 8. The minimum Gasteiger partial charge on any atom is -0.483 e. The van der Waals surface area contributed by atoms with Gasteiger partial charge in [0.2, 0.25) is 0 Å². The molecule has 5 nitrogen and oxygen atoms in total. The Kier molecular flexibility index (Phi) is 6.73. The summed E-state index contributed by atoms with van der Waals surface area (Å²) in [5.41, 5.74) is 1.47. The number of ether oxygens (including phenoxy) is 2. The van der Waals surface area contributed by atoms with Gasteiger partial charge in [0.1, 0.15) is 5.75 Å². The van der Waals surface area contributed by atoms with Gasteiger partial charge in [0.25, 0.3) is 5.91 Å². The molecule has 0 aromatic heterocycles. The topological polar surface area (TPSA) is 64.6 Å². The van der Waals surface area contributed by atoms with E-state index in [1.54, 1.807) is 19.2 Å². The van der Waals surface area contributed by atoms with Gasteiger partial charge in [-0.2, -0.15) is 0 Å². The van der Waals surface area contributed by atoms with Gasteiger partial charge < -0.3 is 14.8 Å². The summed E-state index contributed by atoms with van der Waals surface area (Å²) in [6.45, 7) is 4.43. The Hall–Kier alpha value is -1.88. The highest BCUT2D eigenvalue weighted by Crippen LogP contribution is 2.20. The van der Waals surface area contributed by atoms with E-state index in [-0.39, 0.29) is 18.3 Å². The van der Waals surface area contributed by atoms with Crippen molar-refractivity contribution in [1.29, 1.82) is 0 Å². The van der Waals surface area contributed by atoms with Crippen LogP contribution >= 0.6 is 0 Å². The van der Waals surface area contributed by atoms with Crippen molar-refractivity contribution in [3.63, 3.8) is 0 Å². The fraction of sp³-hybridized carbons (Fsp3) is 0.467. The normalized spacial score (nSPS) is 10.2. The van der Waals surface area contributed by atoms with Gasteiger partial charge in [-0.05, 0) is 38.0 Å². The molecule has 0 aliphatic carbocycles. The van der Waals surface area contributed by atoms with Crippen molar-refractivity contribution in [3.8, 4) is 5.75 Å². The number of Topliss-reactive ketones (excluding diaryl/α,β-unsaturated/α-hetero) is 1. The van der Waals surface area contributed by atoms with Crippen molar-refractivity contribution in [3.05, 3.63) is 29.3 Å². The van der Waals surface area contributed by atoms with E-state index in [0.717, 1.165) is 12.0 Å². The Morgan fingerprint density at radius 3 is 2.70 bits per heavy atom. The van der Waals surface area contributed by atoms with Crippen LogP contribution < -0.4 is 10.1 Å². The molecule has 0 heterocycles. The van der Waals surface area contributed by atoms with Crippen molar-refractivity contribution in [2.24, 2.45) is 0 Å². The van der Waals surface area contributed by atoms with Crippen molar-refractivity contribution >= 4 is 11.7 Å². The number of aryl methyl sites for hydroxylation is 1. The lowest BCUT2D eigenvalue weighted by Gasteiger charge is -2.11. The number of hydrogen-bond donors (Lipinski definition) is 1. The van der Waals surface area contributed by atoms with Crippen LogP contribution in [0, 0.1) is 6.92 Å². The van der Waals surface area contributed by atoms with Crippen molar-refractivity contribution in [1.82, 2.24) is 5.32 Å². The van der Waals surface area contributed by atoms with Gasteiger partial charge in [0.05, 0.1) is 5.56 Å². The van der Waals surface area contributed by atoms with Gasteiger partial charge >= 0.3 is 0 Å². The van der Waals surface area contributed by atoms with E-state index in [2.05, 4.69) is 5.32 Å². The molecular formula is C15H21NO4. The van der Waals surface area contributed by atoms with Crippen LogP contribution in [0.1, 0.15) is 29.3 Å². The number of carbonyl (C=O) groups is 2. The highest BCUT2D eigenvalue weighted by atomic mass is 16.5. The zero-order valence-electron chi connectivity index (χ0n) is 12.2. The SMILES string of the molecule is COCCCNC(=O)COc1cc(C)ccc1C(C)=O. The lowest BCUT2D eigenvalue weighted by molar-refractivity contribution is -0.123. The third-order valence-corrected chi connectivity index (χ3v) is 2.72. The van der Waals surface area contributed by atoms with E-state index in [0.29, 0.717) is 24.5 Å². The van der Waals surface area contributed by atoms with Crippen LogP contribution in [0.5, 0.6) is 5.75 Å². The van der Waals surface area contributed by atoms with E-state index >= 15 is 0 Å². The third kappa shape index (κ3) is 5.40. The Morgan fingerprint density at radius 2 is 2.05 bits per heavy atom. The van der Waals surface area contributed by atoms with E-state index in [9.17, 15) is 9.59 Å². The Bertz CT molecular complexity index is 471. The maximum absolute atomic E-state index is 11.6. The van der Waals surface area contributed by atoms with Crippen LogP contribution in [0.4, 0.5) is 0 Å². The monoisotopic (exact) mass is 279 g/mol. The zero-order valence-corrected chi connectivity index (χ0v) is 12.2. The van der Waals surface area contributed by atoms with Crippen LogP contribution in [0.25, 0.3) is 0 Å². The molecule has 0 atom stereocenters. The molecule has 0 radical (unpaired) electrons. The van der Waals surface area contributed by atoms with E-state index in [1.807, 2.05) is 13.0 Å². The molecule has 0 aliphatic heterocycles. The molecule has 110 valence electrons. The summed E-state index contributed by atoms with van der Waals surface area (Å²) in [4.78, 5) is 23.1. The quantitative estimate of drug-likeness (QED) is 0.581. The Morgan fingerprint density at radius 1 is 1.30 bits per heavy atom. The standard InChI is InChI=1S/C15H21NO4/c1-11-5-6-13(12(2)17)14(9-11)20-10-15(18)16-7-4-8-19-3/h5-6,9H,4,7-8,10H2,1-3H3,(H,16,18). The smallest absolute Gasteiger partial charge is 0.257 e. The second kappa shape index (κ2) is 8.32. The average molecular weight is 279 g/mol. The van der Waals surface area contributed by atoms with Crippen molar-refractivity contribution in [2.75, 3.05) is 26.9 Å². The molecule has 1 N–H and O–H groups in total. The Balaban J connectivity index is 2.50. The Labute approximate surface area is 119 Å². The number of amides is 1. The average Bonchev–Trinajstić information content (AvgIpc) is 2.41. The molecule has 0 spiro atoms. The summed E-state index contributed by atoms with van der Waals surface area (Å²) in [6.07, 6.45) is 0.755. The molecule has 1 rings (SSSR count). The second-order valence-electron chi connectivity index (χ2n) is 4.54. The summed E-state index contributed by atoms with van der Waals surface area (Å²) < 4.78 is 10.3. The molecule has 0 aliphatic rings. The van der Waals surface area contributed by atoms with Gasteiger partial charge in [-0.25, -0.2) is 0 Å². The fourth-order valence-corrected chi connectivity index (χ4v) is 1.68. The first-order valence-corrected chi connectivity index (χ1v) is 6.54. The van der Waals surface area contributed by atoms with Gasteiger partial charge in [0.15, 0.2) is 12.4 Å². The van der Waals surface area contributed by atoms with Gasteiger partial charge in [-0.3, -0.25) is 9.59 Å². The van der Waals surface area contributed by atoms with Crippen LogP contribution in [0.2, 0.25) is 0 Å². The van der Waals surface area contributed by atoms with Crippen LogP contribution in [0.15, 0.2) is 18.2 Å². The molecule has 0 saturated carbocycles. The first-order valence-electron chi connectivity index (χ1n) is 6.54. The summed E-state index contributed by atoms with van der Waals surface area (Å²) in [6, 6.07) is 5.31. The van der Waals surface area contributed by atoms with E-state index in [1.165, 1.54) is 6.92 Å². The molecular weight excluding hydrogens is 258 g/mol. The molecule has 0 saturated heterocycles. The van der Waals surface area contributed by atoms with Crippen molar-refractivity contribution < 1.29 is 19.1 Å². The lowest BCUT2D eigenvalue weighted by Crippen LogP contribution is -2.30. The van der Waals surface area contributed by atoms with Gasteiger partial charge in [-0.15, -0.1) is 0 Å². The predicted octanol–water partition coefficient (Wildman–Crippen LogP) is 1.73. The molecule has 0 fully saturated rings. The maximum Gasteiger partial charge on any atom is 0.257 e. The van der Waals surface area contributed by atoms with E-state index in [4.69, 9.17) is 9.47 Å². The summed E-state index contributed by atoms with van der Waals surface area (Å²) in [5, 5.41) is 2.72. The van der Waals surface area contributed by atoms with Gasteiger partial charge in [0, 0.05) is 20.3 Å². The molecule has 0 unspecified atom stereocenters. The number of hydrogen-bond acceptors (Lipinski definition) is 4. The number of nitrogens with one attached hydrogen (secondary N) is 1.